The van der Waals surface area contributed by atoms with Gasteiger partial charge < -0.3 is 0 Å². The summed E-state index contributed by atoms with van der Waals surface area (Å²) >= 11 is 0. The molecule has 0 nitrogen and oxygen atoms in total. The van der Waals surface area contributed by atoms with Crippen molar-refractivity contribution < 1.29 is 4.39 Å². The first-order chi connectivity index (χ1) is 9.34. The van der Waals surface area contributed by atoms with E-state index in [1.165, 1.54) is 28.8 Å². The molecule has 1 fully saturated rings. The first-order valence-corrected chi connectivity index (χ1v) is 6.56. The maximum absolute atomic E-state index is 13.1. The SMILES string of the molecule is Fc1ccc(C(=C2[CH]CC[CH]2)c2ccccc2)cc1. The van der Waals surface area contributed by atoms with Gasteiger partial charge in [-0.05, 0) is 54.5 Å². The molecule has 1 aliphatic carbocycles. The van der Waals surface area contributed by atoms with Gasteiger partial charge in [0.2, 0.25) is 0 Å². The molecule has 1 saturated carbocycles. The van der Waals surface area contributed by atoms with Gasteiger partial charge in [0.25, 0.3) is 0 Å². The Hall–Kier alpha value is -1.89. The minimum absolute atomic E-state index is 0.194. The smallest absolute Gasteiger partial charge is 0.123 e. The molecule has 2 aromatic rings. The zero-order valence-electron chi connectivity index (χ0n) is 10.6. The first-order valence-electron chi connectivity index (χ1n) is 6.56. The second kappa shape index (κ2) is 5.40. The third-order valence-electron chi connectivity index (χ3n) is 3.38. The van der Waals surface area contributed by atoms with Crippen molar-refractivity contribution in [1.82, 2.24) is 0 Å². The Balaban J connectivity index is 2.12. The van der Waals surface area contributed by atoms with Gasteiger partial charge in [0.15, 0.2) is 0 Å². The van der Waals surface area contributed by atoms with Crippen molar-refractivity contribution in [3.8, 4) is 0 Å². The van der Waals surface area contributed by atoms with Gasteiger partial charge in [-0.2, -0.15) is 0 Å². The first kappa shape index (κ1) is 12.2. The summed E-state index contributed by atoms with van der Waals surface area (Å²) in [5, 5.41) is 0. The van der Waals surface area contributed by atoms with Crippen molar-refractivity contribution in [3.63, 3.8) is 0 Å². The van der Waals surface area contributed by atoms with Crippen LogP contribution in [-0.4, -0.2) is 0 Å². The number of halogens is 1. The van der Waals surface area contributed by atoms with Crippen LogP contribution >= 0.6 is 0 Å². The van der Waals surface area contributed by atoms with Gasteiger partial charge in [-0.3, -0.25) is 0 Å². The summed E-state index contributed by atoms with van der Waals surface area (Å²) in [6.07, 6.45) is 6.69. The summed E-state index contributed by atoms with van der Waals surface area (Å²) in [4.78, 5) is 0. The highest BCUT2D eigenvalue weighted by Gasteiger charge is 2.16. The van der Waals surface area contributed by atoms with E-state index in [4.69, 9.17) is 0 Å². The fraction of sp³-hybridized carbons (Fsp3) is 0.111. The molecule has 0 heterocycles. The molecule has 0 bridgehead atoms. The molecule has 0 aromatic heterocycles. The fourth-order valence-corrected chi connectivity index (χ4v) is 2.49. The molecule has 0 N–H and O–H groups in total. The second-order valence-electron chi connectivity index (χ2n) is 4.69. The Kier molecular flexibility index (Phi) is 3.45. The topological polar surface area (TPSA) is 0 Å². The average Bonchev–Trinajstić information content (AvgIpc) is 2.96. The predicted octanol–water partition coefficient (Wildman–Crippen LogP) is 4.83. The van der Waals surface area contributed by atoms with Gasteiger partial charge in [0, 0.05) is 0 Å². The van der Waals surface area contributed by atoms with Crippen LogP contribution in [0.3, 0.4) is 0 Å². The van der Waals surface area contributed by atoms with Crippen LogP contribution in [0, 0.1) is 18.7 Å². The molecule has 1 aliphatic rings. The molecule has 0 amide bonds. The Labute approximate surface area is 113 Å². The van der Waals surface area contributed by atoms with Gasteiger partial charge >= 0.3 is 0 Å². The minimum atomic E-state index is -0.194. The van der Waals surface area contributed by atoms with Crippen LogP contribution in [0.4, 0.5) is 4.39 Å². The van der Waals surface area contributed by atoms with Crippen LogP contribution in [0.1, 0.15) is 24.0 Å². The number of hydrogen-bond acceptors (Lipinski definition) is 0. The largest absolute Gasteiger partial charge is 0.207 e. The van der Waals surface area contributed by atoms with Gasteiger partial charge in [0.05, 0.1) is 0 Å². The van der Waals surface area contributed by atoms with Crippen molar-refractivity contribution in [2.75, 3.05) is 0 Å². The molecule has 0 saturated heterocycles. The van der Waals surface area contributed by atoms with Crippen LogP contribution in [0.15, 0.2) is 60.2 Å². The lowest BCUT2D eigenvalue weighted by molar-refractivity contribution is 0.627. The van der Waals surface area contributed by atoms with Crippen molar-refractivity contribution in [3.05, 3.63) is 90.0 Å². The van der Waals surface area contributed by atoms with E-state index in [9.17, 15) is 4.39 Å². The maximum Gasteiger partial charge on any atom is 0.123 e. The van der Waals surface area contributed by atoms with Crippen molar-refractivity contribution in [1.29, 1.82) is 0 Å². The molecule has 0 aliphatic heterocycles. The second-order valence-corrected chi connectivity index (χ2v) is 4.69. The molecular weight excluding hydrogens is 235 g/mol. The molecule has 3 rings (SSSR count). The lowest BCUT2D eigenvalue weighted by Gasteiger charge is -2.12. The van der Waals surface area contributed by atoms with E-state index in [0.29, 0.717) is 0 Å². The molecule has 2 radical (unpaired) electrons. The maximum atomic E-state index is 13.1. The number of benzene rings is 2. The molecule has 1 heteroatoms. The molecule has 19 heavy (non-hydrogen) atoms. The summed E-state index contributed by atoms with van der Waals surface area (Å²) < 4.78 is 13.1. The zero-order chi connectivity index (χ0) is 13.1. The predicted molar refractivity (Wildman–Crippen MR) is 76.7 cm³/mol. The third kappa shape index (κ3) is 2.60. The Morgan fingerprint density at radius 3 is 1.95 bits per heavy atom. The molecule has 94 valence electrons. The lowest BCUT2D eigenvalue weighted by Crippen LogP contribution is -1.93. The zero-order valence-corrected chi connectivity index (χ0v) is 10.6. The van der Waals surface area contributed by atoms with Crippen molar-refractivity contribution >= 4 is 5.57 Å². The summed E-state index contributed by atoms with van der Waals surface area (Å²) in [5.74, 6) is -0.194. The Bertz CT molecular complexity index is 571. The highest BCUT2D eigenvalue weighted by atomic mass is 19.1. The third-order valence-corrected chi connectivity index (χ3v) is 3.38. The quantitative estimate of drug-likeness (QED) is 0.716. The lowest BCUT2D eigenvalue weighted by atomic mass is 9.92. The van der Waals surface area contributed by atoms with Gasteiger partial charge in [-0.15, -0.1) is 0 Å². The normalized spacial score (nSPS) is 14.7. The number of rotatable bonds is 2. The van der Waals surface area contributed by atoms with E-state index in [0.717, 1.165) is 18.4 Å². The van der Waals surface area contributed by atoms with Crippen LogP contribution < -0.4 is 0 Å². The molecule has 2 aromatic carbocycles. The standard InChI is InChI=1S/C18H15F/c19-17-12-10-16(11-13-17)18(15-8-4-5-9-15)14-6-2-1-3-7-14/h1-3,6-13H,4-5H2. The molecular formula is C18H15F. The van der Waals surface area contributed by atoms with E-state index in [2.05, 4.69) is 25.0 Å². The van der Waals surface area contributed by atoms with Gasteiger partial charge in [-0.1, -0.05) is 48.0 Å². The molecule has 0 unspecified atom stereocenters. The number of allylic oxidation sites excluding steroid dienone is 1. The van der Waals surface area contributed by atoms with E-state index < -0.39 is 0 Å². The van der Waals surface area contributed by atoms with E-state index in [1.807, 2.05) is 30.3 Å². The Morgan fingerprint density at radius 2 is 1.32 bits per heavy atom. The highest BCUT2D eigenvalue weighted by molar-refractivity contribution is 5.84. The van der Waals surface area contributed by atoms with Gasteiger partial charge in [-0.25, -0.2) is 4.39 Å². The summed E-state index contributed by atoms with van der Waals surface area (Å²) in [5.41, 5.74) is 4.70. The van der Waals surface area contributed by atoms with Crippen LogP contribution in [0.2, 0.25) is 0 Å². The van der Waals surface area contributed by atoms with Crippen molar-refractivity contribution in [2.45, 2.75) is 12.8 Å². The molecule has 0 atom stereocenters. The minimum Gasteiger partial charge on any atom is -0.207 e. The van der Waals surface area contributed by atoms with E-state index >= 15 is 0 Å². The van der Waals surface area contributed by atoms with Crippen LogP contribution in [0.5, 0.6) is 0 Å². The summed E-state index contributed by atoms with van der Waals surface area (Å²) in [7, 11) is 0. The Morgan fingerprint density at radius 1 is 0.737 bits per heavy atom. The number of hydrogen-bond donors (Lipinski definition) is 0. The van der Waals surface area contributed by atoms with E-state index in [-0.39, 0.29) is 5.82 Å². The van der Waals surface area contributed by atoms with Crippen molar-refractivity contribution in [2.24, 2.45) is 0 Å². The van der Waals surface area contributed by atoms with Gasteiger partial charge in [0.1, 0.15) is 5.82 Å². The van der Waals surface area contributed by atoms with E-state index in [1.54, 1.807) is 0 Å². The van der Waals surface area contributed by atoms with Crippen LogP contribution in [-0.2, 0) is 0 Å². The summed E-state index contributed by atoms with van der Waals surface area (Å²) in [6.45, 7) is 0. The highest BCUT2D eigenvalue weighted by Crippen LogP contribution is 2.34. The fourth-order valence-electron chi connectivity index (χ4n) is 2.49. The average molecular weight is 250 g/mol. The van der Waals surface area contributed by atoms with Crippen LogP contribution in [0.25, 0.3) is 5.57 Å². The summed E-state index contributed by atoms with van der Waals surface area (Å²) in [6, 6.07) is 17.0. The monoisotopic (exact) mass is 250 g/mol. The molecule has 0 spiro atoms.